The Morgan fingerprint density at radius 3 is 1.67 bits per heavy atom. The Hall–Kier alpha value is -4.24. The minimum absolute atomic E-state index is 0.183. The molecule has 0 atom stereocenters. The number of unbranched alkanes of at least 4 members (excludes halogenated alkanes) is 3. The van der Waals surface area contributed by atoms with Gasteiger partial charge in [-0.1, -0.05) is 101 Å². The molecule has 7 rings (SSSR count). The Balaban J connectivity index is 1.49. The van der Waals surface area contributed by atoms with Crippen LogP contribution in [0, 0.1) is 0 Å². The average molecular weight is 589 g/mol. The van der Waals surface area contributed by atoms with Gasteiger partial charge >= 0.3 is 0 Å². The SMILES string of the molecule is CCCCc1cc(CCCC)cc(N2c3ccc(CCCC)cc3B3c4ccccc4N(c4ccccc4)c4cccc2c43)c1. The molecule has 0 spiro atoms. The zero-order valence-electron chi connectivity index (χ0n) is 27.2. The highest BCUT2D eigenvalue weighted by Crippen LogP contribution is 2.44. The third kappa shape index (κ3) is 5.48. The molecule has 226 valence electrons. The summed E-state index contributed by atoms with van der Waals surface area (Å²) in [6.45, 7) is 7.07. The van der Waals surface area contributed by atoms with Crippen molar-refractivity contribution in [2.45, 2.75) is 78.6 Å². The van der Waals surface area contributed by atoms with E-state index in [9.17, 15) is 0 Å². The Labute approximate surface area is 270 Å². The first-order valence-corrected chi connectivity index (χ1v) is 17.3. The van der Waals surface area contributed by atoms with E-state index in [2.05, 4.69) is 140 Å². The third-order valence-electron chi connectivity index (χ3n) is 9.73. The molecular formula is C42H45BN2. The number of fused-ring (bicyclic) bond motifs is 4. The van der Waals surface area contributed by atoms with Crippen LogP contribution in [0.5, 0.6) is 0 Å². The van der Waals surface area contributed by atoms with E-state index in [4.69, 9.17) is 0 Å². The van der Waals surface area contributed by atoms with E-state index in [1.165, 1.54) is 106 Å². The quantitative estimate of drug-likeness (QED) is 0.139. The van der Waals surface area contributed by atoms with Crippen molar-refractivity contribution >= 4 is 57.2 Å². The molecule has 5 aromatic rings. The van der Waals surface area contributed by atoms with E-state index >= 15 is 0 Å². The third-order valence-corrected chi connectivity index (χ3v) is 9.73. The lowest BCUT2D eigenvalue weighted by Crippen LogP contribution is -2.61. The van der Waals surface area contributed by atoms with Crippen LogP contribution in [0.2, 0.25) is 0 Å². The van der Waals surface area contributed by atoms with E-state index in [0.29, 0.717) is 0 Å². The fourth-order valence-electron chi connectivity index (χ4n) is 7.53. The molecule has 0 bridgehead atoms. The first-order chi connectivity index (χ1) is 22.2. The van der Waals surface area contributed by atoms with Crippen molar-refractivity contribution in [2.75, 3.05) is 9.80 Å². The summed E-state index contributed by atoms with van der Waals surface area (Å²) in [6.07, 6.45) is 10.7. The molecule has 2 aliphatic heterocycles. The van der Waals surface area contributed by atoms with Crippen LogP contribution in [0.25, 0.3) is 0 Å². The van der Waals surface area contributed by atoms with Gasteiger partial charge in [-0.25, -0.2) is 0 Å². The second-order valence-corrected chi connectivity index (χ2v) is 12.9. The Bertz CT molecular complexity index is 1770. The minimum atomic E-state index is 0.183. The number of benzene rings is 5. The van der Waals surface area contributed by atoms with Gasteiger partial charge in [0.25, 0.3) is 6.71 Å². The van der Waals surface area contributed by atoms with Crippen molar-refractivity contribution < 1.29 is 0 Å². The molecule has 0 N–H and O–H groups in total. The fourth-order valence-corrected chi connectivity index (χ4v) is 7.53. The summed E-state index contributed by atoms with van der Waals surface area (Å²) in [5.41, 5.74) is 16.3. The number of aryl methyl sites for hydroxylation is 3. The van der Waals surface area contributed by atoms with Crippen LogP contribution in [0.15, 0.2) is 109 Å². The maximum atomic E-state index is 2.59. The maximum Gasteiger partial charge on any atom is 0.252 e. The van der Waals surface area contributed by atoms with Crippen molar-refractivity contribution in [1.82, 2.24) is 0 Å². The summed E-state index contributed by atoms with van der Waals surface area (Å²) in [5.74, 6) is 0. The van der Waals surface area contributed by atoms with Gasteiger partial charge in [0.2, 0.25) is 0 Å². The molecule has 2 nitrogen and oxygen atoms in total. The predicted molar refractivity (Wildman–Crippen MR) is 196 cm³/mol. The second kappa shape index (κ2) is 13.0. The smallest absolute Gasteiger partial charge is 0.252 e. The van der Waals surface area contributed by atoms with E-state index < -0.39 is 0 Å². The van der Waals surface area contributed by atoms with Gasteiger partial charge in [0.1, 0.15) is 0 Å². The molecule has 45 heavy (non-hydrogen) atoms. The zero-order valence-corrected chi connectivity index (χ0v) is 27.2. The fraction of sp³-hybridized carbons (Fsp3) is 0.286. The van der Waals surface area contributed by atoms with Crippen molar-refractivity contribution in [3.63, 3.8) is 0 Å². The van der Waals surface area contributed by atoms with Gasteiger partial charge in [-0.2, -0.15) is 0 Å². The molecule has 2 aliphatic rings. The van der Waals surface area contributed by atoms with E-state index in [1.54, 1.807) is 0 Å². The second-order valence-electron chi connectivity index (χ2n) is 12.9. The first-order valence-electron chi connectivity index (χ1n) is 17.3. The molecule has 2 heterocycles. The molecule has 0 unspecified atom stereocenters. The summed E-state index contributed by atoms with van der Waals surface area (Å²) in [6, 6.07) is 41.7. The van der Waals surface area contributed by atoms with Gasteiger partial charge in [-0.05, 0) is 120 Å². The van der Waals surface area contributed by atoms with E-state index in [0.717, 1.165) is 19.3 Å². The number of hydrogen-bond acceptors (Lipinski definition) is 2. The molecule has 0 aromatic heterocycles. The van der Waals surface area contributed by atoms with E-state index in [-0.39, 0.29) is 6.71 Å². The van der Waals surface area contributed by atoms with Gasteiger partial charge in [-0.3, -0.25) is 0 Å². The monoisotopic (exact) mass is 588 g/mol. The zero-order chi connectivity index (χ0) is 30.8. The van der Waals surface area contributed by atoms with Gasteiger partial charge in [0.15, 0.2) is 0 Å². The first kappa shape index (κ1) is 29.5. The Morgan fingerprint density at radius 2 is 1.00 bits per heavy atom. The van der Waals surface area contributed by atoms with Crippen molar-refractivity contribution in [1.29, 1.82) is 0 Å². The van der Waals surface area contributed by atoms with Gasteiger partial charge in [0, 0.05) is 34.1 Å². The highest BCUT2D eigenvalue weighted by Gasteiger charge is 2.43. The maximum absolute atomic E-state index is 2.59. The normalized spacial score (nSPS) is 13.0. The number of para-hydroxylation sites is 2. The number of anilines is 6. The predicted octanol–water partition coefficient (Wildman–Crippen LogP) is 9.80. The molecule has 0 fully saturated rings. The van der Waals surface area contributed by atoms with Crippen LogP contribution >= 0.6 is 0 Å². The Kier molecular flexibility index (Phi) is 8.52. The topological polar surface area (TPSA) is 6.48 Å². The van der Waals surface area contributed by atoms with Crippen molar-refractivity contribution in [3.8, 4) is 0 Å². The van der Waals surface area contributed by atoms with Crippen LogP contribution in [-0.2, 0) is 19.3 Å². The van der Waals surface area contributed by atoms with Gasteiger partial charge in [0.05, 0.1) is 0 Å². The van der Waals surface area contributed by atoms with Crippen LogP contribution in [0.4, 0.5) is 34.1 Å². The summed E-state index contributed by atoms with van der Waals surface area (Å²) in [7, 11) is 0. The number of nitrogens with zero attached hydrogens (tertiary/aromatic N) is 2. The van der Waals surface area contributed by atoms with Crippen LogP contribution in [-0.4, -0.2) is 6.71 Å². The summed E-state index contributed by atoms with van der Waals surface area (Å²) < 4.78 is 0. The molecular weight excluding hydrogens is 543 g/mol. The minimum Gasteiger partial charge on any atom is -0.311 e. The largest absolute Gasteiger partial charge is 0.311 e. The number of hydrogen-bond donors (Lipinski definition) is 0. The molecule has 0 saturated heterocycles. The average Bonchev–Trinajstić information content (AvgIpc) is 3.09. The molecule has 0 saturated carbocycles. The lowest BCUT2D eigenvalue weighted by atomic mass is 9.33. The van der Waals surface area contributed by atoms with Crippen LogP contribution in [0.1, 0.15) is 76.0 Å². The van der Waals surface area contributed by atoms with Gasteiger partial charge < -0.3 is 9.80 Å². The lowest BCUT2D eigenvalue weighted by molar-refractivity contribution is 0.780. The molecule has 5 aromatic carbocycles. The molecule has 3 heteroatoms. The van der Waals surface area contributed by atoms with Crippen LogP contribution in [0.3, 0.4) is 0 Å². The van der Waals surface area contributed by atoms with Gasteiger partial charge in [-0.15, -0.1) is 0 Å². The summed E-state index contributed by atoms with van der Waals surface area (Å²) in [5, 5.41) is 0. The molecule has 0 radical (unpaired) electrons. The summed E-state index contributed by atoms with van der Waals surface area (Å²) in [4.78, 5) is 5.08. The highest BCUT2D eigenvalue weighted by atomic mass is 15.2. The van der Waals surface area contributed by atoms with Crippen molar-refractivity contribution in [3.05, 3.63) is 126 Å². The van der Waals surface area contributed by atoms with Crippen molar-refractivity contribution in [2.24, 2.45) is 0 Å². The number of rotatable bonds is 11. The standard InChI is InChI=1S/C42H45BN2/c1-4-7-16-31-25-26-39-37(30-31)43-36-21-13-14-22-38(36)44(34-19-11-10-12-20-34)40-23-15-24-41(42(40)43)45(39)35-28-32(17-8-5-2)27-33(29-35)18-9-6-3/h10-15,19-30H,4-9,16-18H2,1-3H3. The summed E-state index contributed by atoms with van der Waals surface area (Å²) >= 11 is 0. The Morgan fingerprint density at radius 1 is 0.444 bits per heavy atom. The van der Waals surface area contributed by atoms with E-state index in [1.807, 2.05) is 0 Å². The highest BCUT2D eigenvalue weighted by molar-refractivity contribution is 7.00. The molecule has 0 amide bonds. The van der Waals surface area contributed by atoms with Crippen LogP contribution < -0.4 is 26.2 Å². The lowest BCUT2D eigenvalue weighted by Gasteiger charge is -2.44. The molecule has 0 aliphatic carbocycles.